The van der Waals surface area contributed by atoms with Gasteiger partial charge in [0.15, 0.2) is 0 Å². The van der Waals surface area contributed by atoms with Gasteiger partial charge in [-0.1, -0.05) is 27.5 Å². The summed E-state index contributed by atoms with van der Waals surface area (Å²) in [6, 6.07) is 7.50. The number of hydrogen-bond acceptors (Lipinski definition) is 2. The fourth-order valence-electron chi connectivity index (χ4n) is 1.44. The minimum Gasteiger partial charge on any atom is -0.437 e. The molecule has 1 aromatic heterocycles. The molecule has 0 aliphatic carbocycles. The number of benzene rings is 1. The second kappa shape index (κ2) is 5.91. The molecule has 0 amide bonds. The molecule has 18 heavy (non-hydrogen) atoms. The van der Waals surface area contributed by atoms with Crippen LogP contribution in [0.4, 0.5) is 0 Å². The van der Waals surface area contributed by atoms with E-state index in [4.69, 9.17) is 27.9 Å². The third-order valence-corrected chi connectivity index (χ3v) is 3.43. The van der Waals surface area contributed by atoms with Crippen molar-refractivity contribution in [2.45, 2.75) is 12.8 Å². The molecule has 2 nitrogen and oxygen atoms in total. The van der Waals surface area contributed by atoms with Crippen molar-refractivity contribution in [3.05, 3.63) is 51.1 Å². The van der Waals surface area contributed by atoms with Gasteiger partial charge in [0, 0.05) is 16.5 Å². The maximum absolute atomic E-state index is 6.09. The molecular weight excluding hydrogens is 337 g/mol. The summed E-state index contributed by atoms with van der Waals surface area (Å²) in [5.41, 5.74) is 1.87. The number of alkyl halides is 1. The second-order valence-corrected chi connectivity index (χ2v) is 5.37. The first-order valence-corrected chi connectivity index (χ1v) is 6.95. The Balaban J connectivity index is 2.28. The van der Waals surface area contributed by atoms with E-state index in [1.54, 1.807) is 12.3 Å². The van der Waals surface area contributed by atoms with Gasteiger partial charge in [0.05, 0.1) is 0 Å². The molecule has 1 aromatic carbocycles. The zero-order valence-electron chi connectivity index (χ0n) is 9.58. The summed E-state index contributed by atoms with van der Waals surface area (Å²) >= 11 is 15.2. The van der Waals surface area contributed by atoms with E-state index in [-0.39, 0.29) is 0 Å². The molecule has 2 rings (SSSR count). The summed E-state index contributed by atoms with van der Waals surface area (Å²) in [6.07, 6.45) is 1.66. The normalized spacial score (nSPS) is 10.4. The van der Waals surface area contributed by atoms with Crippen LogP contribution in [0.2, 0.25) is 5.02 Å². The van der Waals surface area contributed by atoms with Gasteiger partial charge in [-0.15, -0.1) is 11.6 Å². The van der Waals surface area contributed by atoms with Crippen LogP contribution in [0.5, 0.6) is 11.6 Å². The van der Waals surface area contributed by atoms with Crippen LogP contribution < -0.4 is 4.74 Å². The molecule has 0 unspecified atom stereocenters. The standard InChI is InChI=1S/C13H10BrCl2NO/c1-8-4-10(14)2-3-12(8)18-13-11(16)5-9(6-15)7-17-13/h2-5,7H,6H2,1H3. The summed E-state index contributed by atoms with van der Waals surface area (Å²) < 4.78 is 6.69. The monoisotopic (exact) mass is 345 g/mol. The maximum atomic E-state index is 6.09. The van der Waals surface area contributed by atoms with Gasteiger partial charge in [-0.2, -0.15) is 0 Å². The lowest BCUT2D eigenvalue weighted by Crippen LogP contribution is -1.92. The highest BCUT2D eigenvalue weighted by Gasteiger charge is 2.08. The number of pyridine rings is 1. The van der Waals surface area contributed by atoms with Crippen LogP contribution in [-0.2, 0) is 5.88 Å². The minimum atomic E-state index is 0.379. The van der Waals surface area contributed by atoms with Crippen LogP contribution in [0.15, 0.2) is 34.9 Å². The van der Waals surface area contributed by atoms with E-state index in [1.807, 2.05) is 25.1 Å². The molecule has 0 aliphatic rings. The van der Waals surface area contributed by atoms with Crippen LogP contribution in [0.3, 0.4) is 0 Å². The number of halogens is 3. The topological polar surface area (TPSA) is 22.1 Å². The quantitative estimate of drug-likeness (QED) is 0.700. The van der Waals surface area contributed by atoms with E-state index in [9.17, 15) is 0 Å². The highest BCUT2D eigenvalue weighted by atomic mass is 79.9. The minimum absolute atomic E-state index is 0.379. The Kier molecular flexibility index (Phi) is 4.49. The third kappa shape index (κ3) is 3.16. The van der Waals surface area contributed by atoms with Crippen molar-refractivity contribution in [2.24, 2.45) is 0 Å². The zero-order chi connectivity index (χ0) is 13.1. The Morgan fingerprint density at radius 3 is 2.72 bits per heavy atom. The third-order valence-electron chi connectivity index (χ3n) is 2.36. The molecular formula is C13H10BrCl2NO. The summed E-state index contributed by atoms with van der Waals surface area (Å²) in [5.74, 6) is 1.49. The number of aryl methyl sites for hydroxylation is 1. The number of nitrogens with zero attached hydrogens (tertiary/aromatic N) is 1. The van der Waals surface area contributed by atoms with Crippen molar-refractivity contribution in [3.63, 3.8) is 0 Å². The van der Waals surface area contributed by atoms with Crippen molar-refractivity contribution in [3.8, 4) is 11.6 Å². The van der Waals surface area contributed by atoms with E-state index in [1.165, 1.54) is 0 Å². The first kappa shape index (κ1) is 13.7. The van der Waals surface area contributed by atoms with Crippen LogP contribution in [0, 0.1) is 6.92 Å². The van der Waals surface area contributed by atoms with Crippen molar-refractivity contribution < 1.29 is 4.74 Å². The lowest BCUT2D eigenvalue weighted by Gasteiger charge is -2.09. The van der Waals surface area contributed by atoms with Gasteiger partial charge in [0.1, 0.15) is 10.8 Å². The smallest absolute Gasteiger partial charge is 0.238 e. The van der Waals surface area contributed by atoms with Crippen molar-refractivity contribution in [1.82, 2.24) is 4.98 Å². The highest BCUT2D eigenvalue weighted by molar-refractivity contribution is 9.10. The van der Waals surface area contributed by atoms with E-state index in [2.05, 4.69) is 20.9 Å². The van der Waals surface area contributed by atoms with Crippen LogP contribution in [0.25, 0.3) is 0 Å². The number of ether oxygens (including phenoxy) is 1. The predicted octanol–water partition coefficient (Wildman–Crippen LogP) is 5.34. The molecule has 5 heteroatoms. The molecule has 0 N–H and O–H groups in total. The fraction of sp³-hybridized carbons (Fsp3) is 0.154. The largest absolute Gasteiger partial charge is 0.437 e. The molecule has 0 saturated carbocycles. The van der Waals surface area contributed by atoms with E-state index < -0.39 is 0 Å². The van der Waals surface area contributed by atoms with Gasteiger partial charge in [-0.05, 0) is 42.3 Å². The lowest BCUT2D eigenvalue weighted by atomic mass is 10.2. The van der Waals surface area contributed by atoms with E-state index in [0.717, 1.165) is 21.3 Å². The Morgan fingerprint density at radius 2 is 2.11 bits per heavy atom. The molecule has 0 radical (unpaired) electrons. The number of hydrogen-bond donors (Lipinski definition) is 0. The highest BCUT2D eigenvalue weighted by Crippen LogP contribution is 2.31. The molecule has 94 valence electrons. The molecule has 0 saturated heterocycles. The average Bonchev–Trinajstić information content (AvgIpc) is 2.34. The maximum Gasteiger partial charge on any atom is 0.238 e. The van der Waals surface area contributed by atoms with Crippen LogP contribution in [-0.4, -0.2) is 4.98 Å². The number of aromatic nitrogens is 1. The lowest BCUT2D eigenvalue weighted by molar-refractivity contribution is 0.459. The van der Waals surface area contributed by atoms with Gasteiger partial charge in [0.25, 0.3) is 0 Å². The number of rotatable bonds is 3. The van der Waals surface area contributed by atoms with Crippen molar-refractivity contribution in [2.75, 3.05) is 0 Å². The summed E-state index contributed by atoms with van der Waals surface area (Å²) in [5, 5.41) is 0.454. The second-order valence-electron chi connectivity index (χ2n) is 3.78. The Hall–Kier alpha value is -0.770. The molecule has 0 atom stereocenters. The zero-order valence-corrected chi connectivity index (χ0v) is 12.7. The summed E-state index contributed by atoms with van der Waals surface area (Å²) in [6.45, 7) is 1.96. The molecule has 0 spiro atoms. The molecule has 0 aliphatic heterocycles. The van der Waals surface area contributed by atoms with Crippen LogP contribution in [0.1, 0.15) is 11.1 Å². The van der Waals surface area contributed by atoms with Gasteiger partial charge in [-0.25, -0.2) is 4.98 Å². The average molecular weight is 347 g/mol. The van der Waals surface area contributed by atoms with E-state index in [0.29, 0.717) is 16.8 Å². The fourth-order valence-corrected chi connectivity index (χ4v) is 2.29. The SMILES string of the molecule is Cc1cc(Br)ccc1Oc1ncc(CCl)cc1Cl. The summed E-state index contributed by atoms with van der Waals surface area (Å²) in [7, 11) is 0. The van der Waals surface area contributed by atoms with E-state index >= 15 is 0 Å². The van der Waals surface area contributed by atoms with Crippen LogP contribution >= 0.6 is 39.1 Å². The molecule has 0 fully saturated rings. The van der Waals surface area contributed by atoms with Gasteiger partial charge in [0.2, 0.25) is 5.88 Å². The first-order chi connectivity index (χ1) is 8.60. The van der Waals surface area contributed by atoms with Crippen molar-refractivity contribution >= 4 is 39.1 Å². The van der Waals surface area contributed by atoms with Crippen molar-refractivity contribution in [1.29, 1.82) is 0 Å². The molecule has 1 heterocycles. The Labute approximate surface area is 124 Å². The van der Waals surface area contributed by atoms with Gasteiger partial charge >= 0.3 is 0 Å². The Bertz CT molecular complexity index is 575. The Morgan fingerprint density at radius 1 is 1.33 bits per heavy atom. The van der Waals surface area contributed by atoms with Gasteiger partial charge < -0.3 is 4.74 Å². The molecule has 2 aromatic rings. The predicted molar refractivity (Wildman–Crippen MR) is 77.8 cm³/mol. The first-order valence-electron chi connectivity index (χ1n) is 5.24. The summed E-state index contributed by atoms with van der Waals surface area (Å²) in [4.78, 5) is 4.16. The molecule has 0 bridgehead atoms. The van der Waals surface area contributed by atoms with Gasteiger partial charge in [-0.3, -0.25) is 0 Å².